The van der Waals surface area contributed by atoms with Gasteiger partial charge in [-0.25, -0.2) is 4.79 Å². The summed E-state index contributed by atoms with van der Waals surface area (Å²) in [6, 6.07) is 22.8. The Hall–Kier alpha value is -6.25. The van der Waals surface area contributed by atoms with Crippen LogP contribution in [0.15, 0.2) is 91.0 Å². The van der Waals surface area contributed by atoms with Crippen LogP contribution in [0.4, 0.5) is 4.79 Å². The molecule has 0 saturated heterocycles. The summed E-state index contributed by atoms with van der Waals surface area (Å²) in [6.07, 6.45) is -1.28. The Morgan fingerprint density at radius 1 is 0.625 bits per heavy atom. The van der Waals surface area contributed by atoms with E-state index in [-0.39, 0.29) is 32.6 Å². The molecule has 0 aliphatic carbocycles. The van der Waals surface area contributed by atoms with Gasteiger partial charge in [-0.05, 0) is 56.7 Å². The molecule has 0 aliphatic heterocycles. The van der Waals surface area contributed by atoms with Crippen LogP contribution in [-0.2, 0) is 62.6 Å². The molecule has 0 heterocycles. The van der Waals surface area contributed by atoms with E-state index >= 15 is 0 Å². The highest BCUT2D eigenvalue weighted by Gasteiger charge is 2.32. The molecule has 6 N–H and O–H groups in total. The minimum atomic E-state index is -1.53. The fourth-order valence-corrected chi connectivity index (χ4v) is 5.24. The quantitative estimate of drug-likeness (QED) is 0.0461. The molecule has 3 atom stereocenters. The van der Waals surface area contributed by atoms with Crippen LogP contribution in [0.1, 0.15) is 69.6 Å². The molecule has 0 fully saturated rings. The fraction of sp³-hybridized carbons (Fsp3) is 0.390. The van der Waals surface area contributed by atoms with Crippen molar-refractivity contribution in [3.63, 3.8) is 0 Å². The number of hydrogen-bond acceptors (Lipinski definition) is 10. The average molecular weight is 774 g/mol. The van der Waals surface area contributed by atoms with Crippen molar-refractivity contribution in [2.24, 2.45) is 5.73 Å². The molecule has 3 aromatic rings. The Labute approximate surface area is 326 Å². The molecule has 56 heavy (non-hydrogen) atoms. The van der Waals surface area contributed by atoms with Gasteiger partial charge in [0.2, 0.25) is 23.6 Å². The number of ether oxygens (including phenoxy) is 3. The van der Waals surface area contributed by atoms with Crippen LogP contribution < -0.4 is 27.0 Å². The van der Waals surface area contributed by atoms with E-state index in [4.69, 9.17) is 19.9 Å². The molecule has 0 aromatic heterocycles. The second-order valence-electron chi connectivity index (χ2n) is 13.9. The summed E-state index contributed by atoms with van der Waals surface area (Å²) in [5, 5.41) is 10.2. The second kappa shape index (κ2) is 22.8. The zero-order valence-electron chi connectivity index (χ0n) is 31.9. The van der Waals surface area contributed by atoms with Gasteiger partial charge in [0.1, 0.15) is 43.4 Å². The molecule has 0 spiro atoms. The third kappa shape index (κ3) is 17.7. The van der Waals surface area contributed by atoms with Crippen LogP contribution in [-0.4, -0.2) is 71.9 Å². The van der Waals surface area contributed by atoms with E-state index in [2.05, 4.69) is 21.3 Å². The topological polar surface area (TPSA) is 221 Å². The van der Waals surface area contributed by atoms with Crippen LogP contribution in [0, 0.1) is 0 Å². The van der Waals surface area contributed by atoms with Gasteiger partial charge in [0.15, 0.2) is 0 Å². The molecule has 0 unspecified atom stereocenters. The smallest absolute Gasteiger partial charge is 0.408 e. The highest BCUT2D eigenvalue weighted by atomic mass is 16.6. The lowest BCUT2D eigenvalue weighted by Crippen LogP contribution is -2.57. The third-order valence-electron chi connectivity index (χ3n) is 7.98. The molecule has 0 radical (unpaired) electrons. The third-order valence-corrected chi connectivity index (χ3v) is 7.98. The van der Waals surface area contributed by atoms with Crippen molar-refractivity contribution in [3.8, 4) is 0 Å². The van der Waals surface area contributed by atoms with E-state index < -0.39 is 78.2 Å². The van der Waals surface area contributed by atoms with Gasteiger partial charge >= 0.3 is 18.0 Å². The van der Waals surface area contributed by atoms with Crippen LogP contribution in [0.25, 0.3) is 0 Å². The van der Waals surface area contributed by atoms with Gasteiger partial charge in [0.05, 0.1) is 6.42 Å². The molecule has 0 saturated carbocycles. The first-order valence-corrected chi connectivity index (χ1v) is 18.3. The number of esters is 2. The zero-order chi connectivity index (χ0) is 40.9. The first-order valence-electron chi connectivity index (χ1n) is 18.3. The molecule has 0 bridgehead atoms. The Balaban J connectivity index is 1.66. The van der Waals surface area contributed by atoms with Crippen molar-refractivity contribution in [1.29, 1.82) is 0 Å². The maximum absolute atomic E-state index is 13.8. The van der Waals surface area contributed by atoms with Crippen LogP contribution >= 0.6 is 0 Å². The number of unbranched alkanes of at least 4 members (excludes halogenated alkanes) is 1. The SMILES string of the molecule is CC(C)(C)OC(=O)C[C@H](NC(=O)[C@H](CCCCNC(=O)CC(=O)OCc1ccccc1)NC(=O)OCc1ccccc1)C(=O)N[C@@H](Cc1ccccc1)C(N)=O. The maximum Gasteiger partial charge on any atom is 0.408 e. The number of carbonyl (C=O) groups excluding carboxylic acids is 7. The Morgan fingerprint density at radius 3 is 1.70 bits per heavy atom. The van der Waals surface area contributed by atoms with E-state index in [0.29, 0.717) is 24.0 Å². The van der Waals surface area contributed by atoms with Gasteiger partial charge in [-0.1, -0.05) is 91.0 Å². The van der Waals surface area contributed by atoms with Crippen molar-refractivity contribution >= 4 is 41.7 Å². The number of nitrogens with one attached hydrogen (secondary N) is 4. The van der Waals surface area contributed by atoms with Gasteiger partial charge in [-0.15, -0.1) is 0 Å². The van der Waals surface area contributed by atoms with E-state index in [9.17, 15) is 33.6 Å². The zero-order valence-corrected chi connectivity index (χ0v) is 31.9. The number of primary amides is 1. The minimum Gasteiger partial charge on any atom is -0.460 e. The molecule has 300 valence electrons. The lowest BCUT2D eigenvalue weighted by molar-refractivity contribution is -0.156. The first kappa shape index (κ1) is 44.1. The summed E-state index contributed by atoms with van der Waals surface area (Å²) < 4.78 is 15.9. The van der Waals surface area contributed by atoms with Crippen LogP contribution in [0.2, 0.25) is 0 Å². The maximum atomic E-state index is 13.8. The summed E-state index contributed by atoms with van der Waals surface area (Å²) in [7, 11) is 0. The van der Waals surface area contributed by atoms with Gasteiger partial charge < -0.3 is 41.2 Å². The largest absolute Gasteiger partial charge is 0.460 e. The summed E-state index contributed by atoms with van der Waals surface area (Å²) in [4.78, 5) is 90.0. The molecule has 5 amide bonds. The number of amides is 5. The number of benzene rings is 3. The number of hydrogen-bond donors (Lipinski definition) is 5. The molecule has 0 aliphatic rings. The molecule has 15 nitrogen and oxygen atoms in total. The van der Waals surface area contributed by atoms with Gasteiger partial charge in [-0.3, -0.25) is 28.8 Å². The Bertz CT molecular complexity index is 1750. The average Bonchev–Trinajstić information content (AvgIpc) is 3.15. The molecular formula is C41H51N5O10. The van der Waals surface area contributed by atoms with Crippen molar-refractivity contribution in [2.45, 2.75) is 96.2 Å². The van der Waals surface area contributed by atoms with Gasteiger partial charge in [0, 0.05) is 13.0 Å². The second-order valence-corrected chi connectivity index (χ2v) is 13.9. The molecule has 3 rings (SSSR count). The van der Waals surface area contributed by atoms with Crippen molar-refractivity contribution in [1.82, 2.24) is 21.3 Å². The van der Waals surface area contributed by atoms with E-state index in [1.165, 1.54) is 0 Å². The summed E-state index contributed by atoms with van der Waals surface area (Å²) >= 11 is 0. The number of nitrogens with two attached hydrogens (primary N) is 1. The first-order chi connectivity index (χ1) is 26.7. The minimum absolute atomic E-state index is 0.0277. The number of carbonyl (C=O) groups is 7. The predicted octanol–water partition coefficient (Wildman–Crippen LogP) is 3.13. The van der Waals surface area contributed by atoms with Crippen molar-refractivity contribution < 1.29 is 47.8 Å². The van der Waals surface area contributed by atoms with Crippen LogP contribution in [0.5, 0.6) is 0 Å². The molecular weight excluding hydrogens is 722 g/mol. The predicted molar refractivity (Wildman–Crippen MR) is 205 cm³/mol. The lowest BCUT2D eigenvalue weighted by Gasteiger charge is -2.26. The van der Waals surface area contributed by atoms with Crippen LogP contribution in [0.3, 0.4) is 0 Å². The Kier molecular flexibility index (Phi) is 18.0. The fourth-order valence-electron chi connectivity index (χ4n) is 5.24. The van der Waals surface area contributed by atoms with Gasteiger partial charge in [0.25, 0.3) is 0 Å². The monoisotopic (exact) mass is 773 g/mol. The standard InChI is InChI=1S/C41H51N5O10/c1-41(2,3)56-36(49)24-33(39(52)44-32(37(42)50)23-28-15-7-4-8-16-28)45-38(51)31(46-40(53)55-27-30-19-11-6-12-20-30)21-13-14-22-43-34(47)25-35(48)54-26-29-17-9-5-10-18-29/h4-12,15-20,31-33H,13-14,21-27H2,1-3H3,(H2,42,50)(H,43,47)(H,44,52)(H,45,51)(H,46,53)/t31-,32-,33-/m0/s1. The summed E-state index contributed by atoms with van der Waals surface area (Å²) in [5.41, 5.74) is 6.90. The van der Waals surface area contributed by atoms with Crippen molar-refractivity contribution in [3.05, 3.63) is 108 Å². The Morgan fingerprint density at radius 2 is 1.14 bits per heavy atom. The normalized spacial score (nSPS) is 12.5. The highest BCUT2D eigenvalue weighted by Crippen LogP contribution is 2.12. The number of rotatable bonds is 21. The van der Waals surface area contributed by atoms with E-state index in [1.807, 2.05) is 6.07 Å². The molecule has 3 aromatic carbocycles. The van der Waals surface area contributed by atoms with Gasteiger partial charge in [-0.2, -0.15) is 0 Å². The molecule has 15 heteroatoms. The van der Waals surface area contributed by atoms with Crippen molar-refractivity contribution in [2.75, 3.05) is 6.54 Å². The summed E-state index contributed by atoms with van der Waals surface area (Å²) in [5.74, 6) is -4.57. The highest BCUT2D eigenvalue weighted by molar-refractivity contribution is 5.96. The lowest BCUT2D eigenvalue weighted by atomic mass is 10.0. The summed E-state index contributed by atoms with van der Waals surface area (Å²) in [6.45, 7) is 5.03. The van der Waals surface area contributed by atoms with E-state index in [1.54, 1.807) is 106 Å². The number of alkyl carbamates (subject to hydrolysis) is 1. The van der Waals surface area contributed by atoms with E-state index in [0.717, 1.165) is 5.56 Å².